The molecule has 0 aliphatic rings. The molecule has 0 radical (unpaired) electrons. The van der Waals surface area contributed by atoms with Crippen LogP contribution in [0.25, 0.3) is 0 Å². The SMILES string of the molecule is O=C(OCC(F)(F)S(=O)(=O)O)c1ccc(I)c(O)c1. The monoisotopic (exact) mass is 408 g/mol. The molecule has 0 saturated heterocycles. The first-order valence-electron chi connectivity index (χ1n) is 4.55. The molecule has 0 amide bonds. The van der Waals surface area contributed by atoms with E-state index < -0.39 is 27.9 Å². The molecule has 1 aromatic rings. The van der Waals surface area contributed by atoms with Crippen molar-refractivity contribution in [1.82, 2.24) is 0 Å². The number of halogens is 3. The van der Waals surface area contributed by atoms with Crippen molar-refractivity contribution >= 4 is 38.7 Å². The van der Waals surface area contributed by atoms with E-state index in [0.717, 1.165) is 6.07 Å². The van der Waals surface area contributed by atoms with Crippen molar-refractivity contribution in [3.63, 3.8) is 0 Å². The van der Waals surface area contributed by atoms with Gasteiger partial charge in [-0.15, -0.1) is 0 Å². The van der Waals surface area contributed by atoms with E-state index in [2.05, 4.69) is 4.74 Å². The number of hydrogen-bond donors (Lipinski definition) is 2. The number of carbonyl (C=O) groups excluding carboxylic acids is 1. The molecule has 19 heavy (non-hydrogen) atoms. The maximum Gasteiger partial charge on any atom is 0.402 e. The Morgan fingerprint density at radius 2 is 2.00 bits per heavy atom. The Balaban J connectivity index is 2.79. The molecule has 1 aromatic carbocycles. The van der Waals surface area contributed by atoms with Crippen LogP contribution < -0.4 is 0 Å². The van der Waals surface area contributed by atoms with Gasteiger partial charge >= 0.3 is 21.3 Å². The molecule has 0 spiro atoms. The Kier molecular flexibility index (Phi) is 4.68. The number of alkyl halides is 2. The van der Waals surface area contributed by atoms with Gasteiger partial charge in [0.1, 0.15) is 5.75 Å². The van der Waals surface area contributed by atoms with Crippen molar-refractivity contribution in [1.29, 1.82) is 0 Å². The van der Waals surface area contributed by atoms with E-state index >= 15 is 0 Å². The van der Waals surface area contributed by atoms with Crippen molar-refractivity contribution in [3.8, 4) is 5.75 Å². The number of aromatic hydroxyl groups is 1. The van der Waals surface area contributed by atoms with Crippen LogP contribution in [0.2, 0.25) is 0 Å². The summed E-state index contributed by atoms with van der Waals surface area (Å²) in [6, 6.07) is 3.53. The summed E-state index contributed by atoms with van der Waals surface area (Å²) in [6.07, 6.45) is 0. The number of hydrogen-bond acceptors (Lipinski definition) is 5. The molecule has 0 bridgehead atoms. The predicted octanol–water partition coefficient (Wildman–Crippen LogP) is 1.63. The fourth-order valence-corrected chi connectivity index (χ4v) is 1.49. The number of esters is 1. The van der Waals surface area contributed by atoms with Crippen LogP contribution in [0.4, 0.5) is 8.78 Å². The summed E-state index contributed by atoms with van der Waals surface area (Å²) < 4.78 is 58.8. The summed E-state index contributed by atoms with van der Waals surface area (Å²) >= 11 is 1.77. The van der Waals surface area contributed by atoms with Crippen molar-refractivity contribution in [2.45, 2.75) is 5.25 Å². The Morgan fingerprint density at radius 3 is 2.47 bits per heavy atom. The van der Waals surface area contributed by atoms with Crippen molar-refractivity contribution < 1.29 is 36.4 Å². The van der Waals surface area contributed by atoms with Crippen LogP contribution in [0, 0.1) is 3.57 Å². The number of rotatable bonds is 4. The molecular formula is C9H7F2IO6S. The van der Waals surface area contributed by atoms with Gasteiger partial charge in [-0.3, -0.25) is 4.55 Å². The lowest BCUT2D eigenvalue weighted by Gasteiger charge is -2.13. The quantitative estimate of drug-likeness (QED) is 0.447. The fourth-order valence-electron chi connectivity index (χ4n) is 0.947. The number of ether oxygens (including phenoxy) is 1. The van der Waals surface area contributed by atoms with Gasteiger partial charge in [-0.25, -0.2) is 4.79 Å². The van der Waals surface area contributed by atoms with Gasteiger partial charge in [0.2, 0.25) is 0 Å². The third-order valence-electron chi connectivity index (χ3n) is 1.93. The largest absolute Gasteiger partial charge is 0.507 e. The second kappa shape index (κ2) is 5.54. The average Bonchev–Trinajstić information content (AvgIpc) is 2.28. The highest BCUT2D eigenvalue weighted by atomic mass is 127. The first-order chi connectivity index (χ1) is 8.54. The van der Waals surface area contributed by atoms with Gasteiger partial charge in [0, 0.05) is 0 Å². The lowest BCUT2D eigenvalue weighted by atomic mass is 10.2. The molecule has 2 N–H and O–H groups in total. The lowest BCUT2D eigenvalue weighted by Crippen LogP contribution is -2.34. The van der Waals surface area contributed by atoms with Crippen LogP contribution in [0.15, 0.2) is 18.2 Å². The molecule has 0 aliphatic heterocycles. The van der Waals surface area contributed by atoms with E-state index in [4.69, 9.17) is 4.55 Å². The van der Waals surface area contributed by atoms with Gasteiger partial charge in [0.15, 0.2) is 6.61 Å². The Morgan fingerprint density at radius 1 is 1.42 bits per heavy atom. The summed E-state index contributed by atoms with van der Waals surface area (Å²) in [5.74, 6) is -1.51. The zero-order valence-corrected chi connectivity index (χ0v) is 12.0. The average molecular weight is 408 g/mol. The van der Waals surface area contributed by atoms with Crippen LogP contribution in [0.3, 0.4) is 0 Å². The minimum atomic E-state index is -5.66. The molecule has 1 rings (SSSR count). The van der Waals surface area contributed by atoms with Gasteiger partial charge in [0.25, 0.3) is 0 Å². The van der Waals surface area contributed by atoms with Crippen LogP contribution in [-0.4, -0.2) is 35.9 Å². The molecule has 0 unspecified atom stereocenters. The number of phenols is 1. The molecule has 6 nitrogen and oxygen atoms in total. The van der Waals surface area contributed by atoms with Gasteiger partial charge in [-0.2, -0.15) is 17.2 Å². The summed E-state index contributed by atoms with van der Waals surface area (Å²) in [7, 11) is -5.66. The smallest absolute Gasteiger partial charge is 0.402 e. The summed E-state index contributed by atoms with van der Waals surface area (Å²) in [4.78, 5) is 11.3. The Hall–Kier alpha value is -1.01. The molecule has 0 heterocycles. The topological polar surface area (TPSA) is 101 Å². The molecule has 0 atom stereocenters. The maximum atomic E-state index is 12.8. The molecule has 0 aliphatic carbocycles. The molecule has 0 aromatic heterocycles. The zero-order chi connectivity index (χ0) is 14.8. The van der Waals surface area contributed by atoms with E-state index in [1.807, 2.05) is 0 Å². The number of benzene rings is 1. The van der Waals surface area contributed by atoms with E-state index in [1.54, 1.807) is 22.6 Å². The first kappa shape index (κ1) is 16.0. The van der Waals surface area contributed by atoms with Crippen molar-refractivity contribution in [2.24, 2.45) is 0 Å². The van der Waals surface area contributed by atoms with Crippen molar-refractivity contribution in [3.05, 3.63) is 27.3 Å². The van der Waals surface area contributed by atoms with E-state index in [-0.39, 0.29) is 11.3 Å². The molecular weight excluding hydrogens is 401 g/mol. The minimum absolute atomic E-state index is 0.232. The van der Waals surface area contributed by atoms with E-state index in [1.165, 1.54) is 12.1 Å². The highest BCUT2D eigenvalue weighted by Gasteiger charge is 2.45. The third-order valence-corrected chi connectivity index (χ3v) is 3.72. The second-order valence-corrected chi connectivity index (χ2v) is 6.06. The Labute approximate surface area is 120 Å². The van der Waals surface area contributed by atoms with Crippen LogP contribution in [0.1, 0.15) is 10.4 Å². The summed E-state index contributed by atoms with van der Waals surface area (Å²) in [6.45, 7) is -1.82. The van der Waals surface area contributed by atoms with Crippen LogP contribution >= 0.6 is 22.6 Å². The Bertz CT molecular complexity index is 601. The normalized spacial score (nSPS) is 12.2. The highest BCUT2D eigenvalue weighted by molar-refractivity contribution is 14.1. The lowest BCUT2D eigenvalue weighted by molar-refractivity contribution is -0.00952. The summed E-state index contributed by atoms with van der Waals surface area (Å²) in [5.41, 5.74) is -0.232. The maximum absolute atomic E-state index is 12.8. The summed E-state index contributed by atoms with van der Waals surface area (Å²) in [5, 5.41) is 4.72. The minimum Gasteiger partial charge on any atom is -0.507 e. The van der Waals surface area contributed by atoms with Gasteiger partial charge in [0.05, 0.1) is 9.13 Å². The number of phenolic OH excluding ortho intramolecular Hbond substituents is 1. The third kappa shape index (κ3) is 3.98. The zero-order valence-electron chi connectivity index (χ0n) is 9.01. The second-order valence-electron chi connectivity index (χ2n) is 3.35. The first-order valence-corrected chi connectivity index (χ1v) is 7.07. The van der Waals surface area contributed by atoms with Gasteiger partial charge in [-0.1, -0.05) is 0 Å². The van der Waals surface area contributed by atoms with Crippen LogP contribution in [-0.2, 0) is 14.9 Å². The molecule has 0 saturated carbocycles. The van der Waals surface area contributed by atoms with Gasteiger partial charge < -0.3 is 9.84 Å². The molecule has 0 fully saturated rings. The molecule has 10 heteroatoms. The molecule has 106 valence electrons. The highest BCUT2D eigenvalue weighted by Crippen LogP contribution is 2.23. The van der Waals surface area contributed by atoms with Crippen molar-refractivity contribution in [2.75, 3.05) is 6.61 Å². The standard InChI is InChI=1S/C9H7F2IO6S/c10-9(11,19(15,16)17)4-18-8(14)5-1-2-6(12)7(13)3-5/h1-3,13H,4H2,(H,15,16,17). The van der Waals surface area contributed by atoms with Gasteiger partial charge in [-0.05, 0) is 40.8 Å². The van der Waals surface area contributed by atoms with E-state index in [9.17, 15) is 27.1 Å². The number of carbonyl (C=O) groups is 1. The van der Waals surface area contributed by atoms with Crippen LogP contribution in [0.5, 0.6) is 5.75 Å². The fraction of sp³-hybridized carbons (Fsp3) is 0.222. The van der Waals surface area contributed by atoms with E-state index in [0.29, 0.717) is 3.57 Å². The predicted molar refractivity (Wildman–Crippen MR) is 67.6 cm³/mol.